The minimum absolute atomic E-state index is 0.0434. The Balaban J connectivity index is 1.70. The highest BCUT2D eigenvalue weighted by atomic mass is 16.6. The van der Waals surface area contributed by atoms with Crippen LogP contribution in [0, 0.1) is 0 Å². The standard InChI is InChI=1S/C17H17NO5/c1-21-15-9-7-14(8-10-15)12-23-17(20)18-16(19)22-11-13-5-3-2-4-6-13/h2-10H,11-12H2,1H3,(H,18,19,20). The van der Waals surface area contributed by atoms with Crippen molar-refractivity contribution in [2.45, 2.75) is 13.2 Å². The van der Waals surface area contributed by atoms with Crippen LogP contribution in [0.2, 0.25) is 0 Å². The van der Waals surface area contributed by atoms with E-state index in [0.29, 0.717) is 5.75 Å². The molecular weight excluding hydrogens is 298 g/mol. The van der Waals surface area contributed by atoms with E-state index in [1.807, 2.05) is 35.6 Å². The molecule has 0 aliphatic carbocycles. The molecule has 0 bridgehead atoms. The molecule has 2 aromatic carbocycles. The molecule has 0 fully saturated rings. The van der Waals surface area contributed by atoms with E-state index in [2.05, 4.69) is 0 Å². The normalized spacial score (nSPS) is 9.78. The van der Waals surface area contributed by atoms with Crippen molar-refractivity contribution < 1.29 is 23.8 Å². The highest BCUT2D eigenvalue weighted by molar-refractivity contribution is 5.87. The molecule has 0 heterocycles. The summed E-state index contributed by atoms with van der Waals surface area (Å²) in [7, 11) is 1.57. The van der Waals surface area contributed by atoms with E-state index in [0.717, 1.165) is 11.1 Å². The summed E-state index contributed by atoms with van der Waals surface area (Å²) in [5, 5.41) is 2.00. The summed E-state index contributed by atoms with van der Waals surface area (Å²) in [6.07, 6.45) is -1.72. The average molecular weight is 315 g/mol. The second-order valence-electron chi connectivity index (χ2n) is 4.61. The summed E-state index contributed by atoms with van der Waals surface area (Å²) in [5.41, 5.74) is 1.60. The summed E-state index contributed by atoms with van der Waals surface area (Å²) < 4.78 is 14.9. The fraction of sp³-hybridized carbons (Fsp3) is 0.176. The number of carbonyl (C=O) groups excluding carboxylic acids is 2. The van der Waals surface area contributed by atoms with Crippen LogP contribution in [0.15, 0.2) is 54.6 Å². The number of rotatable bonds is 5. The summed E-state index contributed by atoms with van der Waals surface area (Å²) >= 11 is 0. The predicted octanol–water partition coefficient (Wildman–Crippen LogP) is 3.26. The van der Waals surface area contributed by atoms with Crippen LogP contribution in [0.3, 0.4) is 0 Å². The quantitative estimate of drug-likeness (QED) is 0.916. The van der Waals surface area contributed by atoms with Crippen molar-refractivity contribution in [2.75, 3.05) is 7.11 Å². The van der Waals surface area contributed by atoms with Crippen molar-refractivity contribution in [1.29, 1.82) is 0 Å². The molecule has 0 spiro atoms. The first-order chi connectivity index (χ1) is 11.2. The van der Waals surface area contributed by atoms with Gasteiger partial charge in [-0.25, -0.2) is 14.9 Å². The third kappa shape index (κ3) is 5.70. The molecule has 0 saturated heterocycles. The maximum atomic E-state index is 11.5. The molecule has 2 amide bonds. The first-order valence-corrected chi connectivity index (χ1v) is 6.95. The van der Waals surface area contributed by atoms with Crippen LogP contribution >= 0.6 is 0 Å². The number of amides is 2. The van der Waals surface area contributed by atoms with Gasteiger partial charge in [0.05, 0.1) is 7.11 Å². The average Bonchev–Trinajstić information content (AvgIpc) is 2.59. The molecule has 0 unspecified atom stereocenters. The summed E-state index contributed by atoms with van der Waals surface area (Å²) in [5.74, 6) is 0.711. The number of carbonyl (C=O) groups is 2. The fourth-order valence-corrected chi connectivity index (χ4v) is 1.75. The molecule has 0 atom stereocenters. The van der Waals surface area contributed by atoms with E-state index in [-0.39, 0.29) is 13.2 Å². The molecule has 0 aromatic heterocycles. The monoisotopic (exact) mass is 315 g/mol. The van der Waals surface area contributed by atoms with Gasteiger partial charge in [-0.05, 0) is 23.3 Å². The van der Waals surface area contributed by atoms with Crippen molar-refractivity contribution in [1.82, 2.24) is 5.32 Å². The van der Waals surface area contributed by atoms with Gasteiger partial charge in [0, 0.05) is 0 Å². The molecule has 1 N–H and O–H groups in total. The molecule has 23 heavy (non-hydrogen) atoms. The number of nitrogens with one attached hydrogen (secondary N) is 1. The summed E-state index contributed by atoms with van der Waals surface area (Å²) in [4.78, 5) is 23.0. The molecule has 0 aliphatic heterocycles. The zero-order valence-electron chi connectivity index (χ0n) is 12.7. The third-order valence-electron chi connectivity index (χ3n) is 2.95. The highest BCUT2D eigenvalue weighted by Crippen LogP contribution is 2.11. The van der Waals surface area contributed by atoms with E-state index < -0.39 is 12.2 Å². The molecule has 0 radical (unpaired) electrons. The van der Waals surface area contributed by atoms with Crippen LogP contribution < -0.4 is 10.1 Å². The van der Waals surface area contributed by atoms with Gasteiger partial charge >= 0.3 is 12.2 Å². The topological polar surface area (TPSA) is 73.9 Å². The van der Waals surface area contributed by atoms with Gasteiger partial charge in [-0.2, -0.15) is 0 Å². The van der Waals surface area contributed by atoms with Gasteiger partial charge in [0.2, 0.25) is 0 Å². The molecule has 2 aromatic rings. The van der Waals surface area contributed by atoms with Crippen LogP contribution in [0.25, 0.3) is 0 Å². The van der Waals surface area contributed by atoms with Crippen LogP contribution in [0.5, 0.6) is 5.75 Å². The maximum absolute atomic E-state index is 11.5. The lowest BCUT2D eigenvalue weighted by molar-refractivity contribution is 0.117. The lowest BCUT2D eigenvalue weighted by atomic mass is 10.2. The zero-order chi connectivity index (χ0) is 16.5. The number of hydrogen-bond donors (Lipinski definition) is 1. The Bertz CT molecular complexity index is 640. The SMILES string of the molecule is COc1ccc(COC(=O)NC(=O)OCc2ccccc2)cc1. The van der Waals surface area contributed by atoms with Gasteiger partial charge in [0.1, 0.15) is 19.0 Å². The van der Waals surface area contributed by atoms with Gasteiger partial charge < -0.3 is 14.2 Å². The van der Waals surface area contributed by atoms with Crippen molar-refractivity contribution in [2.24, 2.45) is 0 Å². The fourth-order valence-electron chi connectivity index (χ4n) is 1.75. The lowest BCUT2D eigenvalue weighted by Crippen LogP contribution is -2.31. The van der Waals surface area contributed by atoms with Crippen molar-refractivity contribution in [3.63, 3.8) is 0 Å². The van der Waals surface area contributed by atoms with E-state index in [1.165, 1.54) is 0 Å². The minimum Gasteiger partial charge on any atom is -0.497 e. The van der Waals surface area contributed by atoms with Gasteiger partial charge in [-0.15, -0.1) is 0 Å². The smallest absolute Gasteiger partial charge is 0.416 e. The lowest BCUT2D eigenvalue weighted by Gasteiger charge is -2.08. The maximum Gasteiger partial charge on any atom is 0.416 e. The Hall–Kier alpha value is -3.02. The third-order valence-corrected chi connectivity index (χ3v) is 2.95. The Kier molecular flexibility index (Phi) is 5.99. The Labute approximate surface area is 134 Å². The first-order valence-electron chi connectivity index (χ1n) is 6.95. The first kappa shape index (κ1) is 16.4. The second kappa shape index (κ2) is 8.43. The van der Waals surface area contributed by atoms with Crippen LogP contribution in [-0.2, 0) is 22.7 Å². The van der Waals surface area contributed by atoms with Gasteiger partial charge in [0.25, 0.3) is 0 Å². The van der Waals surface area contributed by atoms with Crippen molar-refractivity contribution in [3.05, 3.63) is 65.7 Å². The van der Waals surface area contributed by atoms with Crippen molar-refractivity contribution >= 4 is 12.2 Å². The van der Waals surface area contributed by atoms with E-state index in [1.54, 1.807) is 31.4 Å². The Morgan fingerprint density at radius 2 is 1.35 bits per heavy atom. The number of hydrogen-bond acceptors (Lipinski definition) is 5. The minimum atomic E-state index is -0.862. The largest absolute Gasteiger partial charge is 0.497 e. The van der Waals surface area contributed by atoms with Gasteiger partial charge in [-0.1, -0.05) is 42.5 Å². The molecule has 0 saturated carbocycles. The molecule has 120 valence electrons. The molecule has 2 rings (SSSR count). The predicted molar refractivity (Wildman–Crippen MR) is 82.9 cm³/mol. The van der Waals surface area contributed by atoms with E-state index in [9.17, 15) is 9.59 Å². The Morgan fingerprint density at radius 3 is 1.87 bits per heavy atom. The van der Waals surface area contributed by atoms with E-state index in [4.69, 9.17) is 14.2 Å². The van der Waals surface area contributed by atoms with Gasteiger partial charge in [0.15, 0.2) is 0 Å². The molecule has 6 nitrogen and oxygen atoms in total. The highest BCUT2D eigenvalue weighted by Gasteiger charge is 2.10. The van der Waals surface area contributed by atoms with Crippen LogP contribution in [0.4, 0.5) is 9.59 Å². The molecule has 0 aliphatic rings. The Morgan fingerprint density at radius 1 is 0.826 bits per heavy atom. The number of imide groups is 1. The number of benzene rings is 2. The number of methoxy groups -OCH3 is 1. The van der Waals surface area contributed by atoms with Crippen molar-refractivity contribution in [3.8, 4) is 5.75 Å². The van der Waals surface area contributed by atoms with Crippen LogP contribution in [0.1, 0.15) is 11.1 Å². The summed E-state index contributed by atoms with van der Waals surface area (Å²) in [6.45, 7) is 0.125. The van der Waals surface area contributed by atoms with Crippen LogP contribution in [-0.4, -0.2) is 19.3 Å². The van der Waals surface area contributed by atoms with Gasteiger partial charge in [-0.3, -0.25) is 0 Å². The number of alkyl carbamates (subject to hydrolysis) is 2. The second-order valence-corrected chi connectivity index (χ2v) is 4.61. The molecular formula is C17H17NO5. The summed E-state index contributed by atoms with van der Waals surface area (Å²) in [6, 6.07) is 16.2. The zero-order valence-corrected chi connectivity index (χ0v) is 12.7. The number of ether oxygens (including phenoxy) is 3. The van der Waals surface area contributed by atoms with E-state index >= 15 is 0 Å². The molecule has 6 heteroatoms.